The summed E-state index contributed by atoms with van der Waals surface area (Å²) in [6.07, 6.45) is 7.08. The van der Waals surface area contributed by atoms with Crippen LogP contribution in [0.1, 0.15) is 54.2 Å². The second-order valence-electron chi connectivity index (χ2n) is 9.59. The van der Waals surface area contributed by atoms with Crippen LogP contribution in [0.25, 0.3) is 0 Å². The summed E-state index contributed by atoms with van der Waals surface area (Å²) in [5, 5.41) is 13.5. The molecule has 1 fully saturated rings. The number of rotatable bonds is 7. The maximum absolute atomic E-state index is 12.7. The normalized spacial score (nSPS) is 17.6. The van der Waals surface area contributed by atoms with E-state index in [1.54, 1.807) is 19.2 Å². The first kappa shape index (κ1) is 24.2. The highest BCUT2D eigenvalue weighted by Crippen LogP contribution is 2.26. The lowest BCUT2D eigenvalue weighted by atomic mass is 9.91. The number of fused-ring (bicyclic) bond motifs is 1. The molecule has 0 bridgehead atoms. The summed E-state index contributed by atoms with van der Waals surface area (Å²) >= 11 is 0. The Labute approximate surface area is 202 Å². The Bertz CT molecular complexity index is 987. The molecular formula is C27H36N4O3. The Morgan fingerprint density at radius 3 is 2.74 bits per heavy atom. The van der Waals surface area contributed by atoms with Crippen LogP contribution in [0.2, 0.25) is 0 Å². The highest BCUT2D eigenvalue weighted by atomic mass is 16.3. The Morgan fingerprint density at radius 1 is 1.15 bits per heavy atom. The zero-order chi connectivity index (χ0) is 23.9. The number of para-hydroxylation sites is 1. The Morgan fingerprint density at radius 2 is 1.94 bits per heavy atom. The largest absolute Gasteiger partial charge is 0.389 e. The van der Waals surface area contributed by atoms with E-state index in [-0.39, 0.29) is 18.4 Å². The lowest BCUT2D eigenvalue weighted by Crippen LogP contribution is -2.40. The van der Waals surface area contributed by atoms with Crippen molar-refractivity contribution in [1.29, 1.82) is 0 Å². The molecule has 1 aromatic carbocycles. The van der Waals surface area contributed by atoms with E-state index in [0.717, 1.165) is 63.9 Å². The van der Waals surface area contributed by atoms with Crippen LogP contribution in [-0.4, -0.2) is 65.6 Å². The van der Waals surface area contributed by atoms with E-state index in [2.05, 4.69) is 33.4 Å². The van der Waals surface area contributed by atoms with E-state index >= 15 is 0 Å². The number of likely N-dealkylation sites (tertiary alicyclic amines) is 1. The molecule has 3 heterocycles. The van der Waals surface area contributed by atoms with Gasteiger partial charge in [0.15, 0.2) is 0 Å². The van der Waals surface area contributed by atoms with Crippen molar-refractivity contribution in [3.05, 3.63) is 59.4 Å². The lowest BCUT2D eigenvalue weighted by Gasteiger charge is -2.31. The van der Waals surface area contributed by atoms with Crippen molar-refractivity contribution in [3.8, 4) is 0 Å². The van der Waals surface area contributed by atoms with E-state index in [9.17, 15) is 14.7 Å². The van der Waals surface area contributed by atoms with Gasteiger partial charge in [-0.1, -0.05) is 18.2 Å². The number of benzene rings is 1. The summed E-state index contributed by atoms with van der Waals surface area (Å²) in [7, 11) is 0. The van der Waals surface area contributed by atoms with Gasteiger partial charge in [-0.05, 0) is 68.2 Å². The van der Waals surface area contributed by atoms with Crippen LogP contribution in [0.5, 0.6) is 0 Å². The van der Waals surface area contributed by atoms with Crippen molar-refractivity contribution in [2.24, 2.45) is 5.92 Å². The number of hydrogen-bond donors (Lipinski definition) is 2. The molecule has 2 amide bonds. The molecule has 0 radical (unpaired) electrons. The molecule has 2 aliphatic heterocycles. The van der Waals surface area contributed by atoms with E-state index in [1.807, 2.05) is 17.0 Å². The predicted molar refractivity (Wildman–Crippen MR) is 133 cm³/mol. The summed E-state index contributed by atoms with van der Waals surface area (Å²) in [6.45, 7) is 4.82. The Balaban J connectivity index is 1.27. The van der Waals surface area contributed by atoms with Crippen molar-refractivity contribution in [2.45, 2.75) is 51.6 Å². The highest BCUT2D eigenvalue weighted by molar-refractivity contribution is 5.94. The number of piperidine rings is 1. The minimum atomic E-state index is -0.650. The van der Waals surface area contributed by atoms with Crippen molar-refractivity contribution in [2.75, 3.05) is 37.6 Å². The number of aliphatic hydroxyl groups excluding tert-OH is 1. The molecule has 2 N–H and O–H groups in total. The van der Waals surface area contributed by atoms with E-state index < -0.39 is 6.10 Å². The first-order valence-electron chi connectivity index (χ1n) is 12.5. The molecule has 1 saturated heterocycles. The number of nitrogens with zero attached hydrogens (tertiary/aromatic N) is 3. The summed E-state index contributed by atoms with van der Waals surface area (Å²) in [6, 6.07) is 12.0. The third-order valence-electron chi connectivity index (χ3n) is 7.02. The van der Waals surface area contributed by atoms with Crippen molar-refractivity contribution in [1.82, 2.24) is 15.2 Å². The van der Waals surface area contributed by atoms with Crippen LogP contribution in [0.15, 0.2) is 42.6 Å². The minimum Gasteiger partial charge on any atom is -0.389 e. The number of nitrogens with one attached hydrogen (secondary N) is 1. The number of anilines is 1. The van der Waals surface area contributed by atoms with E-state index in [1.165, 1.54) is 11.3 Å². The maximum atomic E-state index is 12.7. The Hall–Kier alpha value is -2.93. The molecule has 1 aromatic heterocycles. The molecule has 0 aliphatic carbocycles. The van der Waals surface area contributed by atoms with Gasteiger partial charge in [0.25, 0.3) is 5.91 Å². The van der Waals surface area contributed by atoms with Gasteiger partial charge in [-0.15, -0.1) is 0 Å². The maximum Gasteiger partial charge on any atom is 0.251 e. The molecule has 0 spiro atoms. The van der Waals surface area contributed by atoms with Crippen LogP contribution in [-0.2, 0) is 17.6 Å². The fourth-order valence-electron chi connectivity index (χ4n) is 5.07. The first-order chi connectivity index (χ1) is 16.5. The van der Waals surface area contributed by atoms with Crippen LogP contribution < -0.4 is 10.2 Å². The smallest absolute Gasteiger partial charge is 0.251 e. The number of hydrogen-bond acceptors (Lipinski definition) is 5. The number of β-amino-alcohol motifs (C(OH)–C–C–N with tert-alkyl or cyclic N) is 1. The van der Waals surface area contributed by atoms with Crippen molar-refractivity contribution < 1.29 is 14.7 Å². The second-order valence-corrected chi connectivity index (χ2v) is 9.59. The highest BCUT2D eigenvalue weighted by Gasteiger charge is 2.22. The van der Waals surface area contributed by atoms with Gasteiger partial charge in [-0.3, -0.25) is 14.6 Å². The zero-order valence-electron chi connectivity index (χ0n) is 20.1. The van der Waals surface area contributed by atoms with Gasteiger partial charge < -0.3 is 20.2 Å². The summed E-state index contributed by atoms with van der Waals surface area (Å²) in [4.78, 5) is 32.9. The standard InChI is InChI=1S/C27H36N4O3/c1-20(32)30-14-10-21(11-15-30)16-24-17-23(9-12-28-24)27(34)29-18-25(33)19-31-13-5-4-7-22-6-2-3-8-26(22)31/h2-3,6,8-9,12,17,21,25,33H,4-5,7,10-11,13-16,18-19H2,1H3,(H,29,34)/t25-/m0/s1. The molecule has 1 atom stereocenters. The molecule has 4 rings (SSSR count). The molecule has 34 heavy (non-hydrogen) atoms. The quantitative estimate of drug-likeness (QED) is 0.658. The number of pyridine rings is 1. The third-order valence-corrected chi connectivity index (χ3v) is 7.02. The molecule has 2 aromatic rings. The van der Waals surface area contributed by atoms with Gasteiger partial charge in [-0.25, -0.2) is 0 Å². The number of aliphatic hydroxyl groups is 1. The first-order valence-corrected chi connectivity index (χ1v) is 12.5. The molecule has 2 aliphatic rings. The molecule has 0 unspecified atom stereocenters. The van der Waals surface area contributed by atoms with Gasteiger partial charge in [0.2, 0.25) is 5.91 Å². The number of carbonyl (C=O) groups excluding carboxylic acids is 2. The fraction of sp³-hybridized carbons (Fsp3) is 0.519. The van der Waals surface area contributed by atoms with Crippen LogP contribution in [0, 0.1) is 5.92 Å². The van der Waals surface area contributed by atoms with E-state index in [0.29, 0.717) is 18.0 Å². The average Bonchev–Trinajstić information content (AvgIpc) is 3.05. The third kappa shape index (κ3) is 6.35. The second kappa shape index (κ2) is 11.5. The minimum absolute atomic E-state index is 0.137. The number of aryl methyl sites for hydroxylation is 1. The summed E-state index contributed by atoms with van der Waals surface area (Å²) in [5.74, 6) is 0.419. The topological polar surface area (TPSA) is 85.8 Å². The molecular weight excluding hydrogens is 428 g/mol. The van der Waals surface area contributed by atoms with Crippen LogP contribution in [0.3, 0.4) is 0 Å². The lowest BCUT2D eigenvalue weighted by molar-refractivity contribution is -0.130. The zero-order valence-corrected chi connectivity index (χ0v) is 20.1. The molecule has 7 heteroatoms. The number of amides is 2. The summed E-state index contributed by atoms with van der Waals surface area (Å²) < 4.78 is 0. The SMILES string of the molecule is CC(=O)N1CCC(Cc2cc(C(=O)NC[C@H](O)CN3CCCCc4ccccc43)ccn2)CC1. The average molecular weight is 465 g/mol. The van der Waals surface area contributed by atoms with Gasteiger partial charge in [0.05, 0.1) is 6.10 Å². The Kier molecular flexibility index (Phi) is 8.16. The predicted octanol–water partition coefficient (Wildman–Crippen LogP) is 2.82. The van der Waals surface area contributed by atoms with Crippen molar-refractivity contribution in [3.63, 3.8) is 0 Å². The van der Waals surface area contributed by atoms with Crippen LogP contribution >= 0.6 is 0 Å². The molecule has 182 valence electrons. The molecule has 7 nitrogen and oxygen atoms in total. The van der Waals surface area contributed by atoms with E-state index in [4.69, 9.17) is 0 Å². The van der Waals surface area contributed by atoms with Gasteiger partial charge in [0, 0.05) is 62.8 Å². The number of carbonyl (C=O) groups is 2. The fourth-order valence-corrected chi connectivity index (χ4v) is 5.07. The van der Waals surface area contributed by atoms with Crippen LogP contribution in [0.4, 0.5) is 5.69 Å². The summed E-state index contributed by atoms with van der Waals surface area (Å²) in [5.41, 5.74) is 3.99. The van der Waals surface area contributed by atoms with Gasteiger partial charge >= 0.3 is 0 Å². The van der Waals surface area contributed by atoms with Crippen molar-refractivity contribution >= 4 is 17.5 Å². The molecule has 0 saturated carbocycles. The van der Waals surface area contributed by atoms with Gasteiger partial charge in [0.1, 0.15) is 0 Å². The monoisotopic (exact) mass is 464 g/mol. The number of aromatic nitrogens is 1. The van der Waals surface area contributed by atoms with Gasteiger partial charge in [-0.2, -0.15) is 0 Å².